The van der Waals surface area contributed by atoms with Gasteiger partial charge in [-0.25, -0.2) is 0 Å². The Kier molecular flexibility index (Phi) is 4.75. The van der Waals surface area contributed by atoms with Crippen LogP contribution < -0.4 is 10.9 Å². The number of rotatable bonds is 5. The average Bonchev–Trinajstić information content (AvgIpc) is 2.60. The van der Waals surface area contributed by atoms with E-state index in [1.807, 2.05) is 54.6 Å². The van der Waals surface area contributed by atoms with Crippen LogP contribution in [0, 0.1) is 0 Å². The zero-order valence-corrected chi connectivity index (χ0v) is 13.6. The molecule has 0 unspecified atom stereocenters. The molecule has 4 nitrogen and oxygen atoms in total. The number of pyridine rings is 1. The Morgan fingerprint density at radius 1 is 1.08 bits per heavy atom. The van der Waals surface area contributed by atoms with Gasteiger partial charge in [-0.15, -0.1) is 0 Å². The Balaban J connectivity index is 1.65. The van der Waals surface area contributed by atoms with Crippen LogP contribution in [0.2, 0.25) is 0 Å². The Labute approximate surface area is 140 Å². The molecule has 0 saturated carbocycles. The van der Waals surface area contributed by atoms with Crippen molar-refractivity contribution in [3.05, 3.63) is 76.1 Å². The number of benzene rings is 2. The maximum Gasteiger partial charge on any atom is 0.251 e. The van der Waals surface area contributed by atoms with Gasteiger partial charge in [0.2, 0.25) is 5.91 Å². The number of hydrogen-bond donors (Lipinski definition) is 2. The molecule has 0 radical (unpaired) electrons. The van der Waals surface area contributed by atoms with Crippen LogP contribution in [-0.2, 0) is 17.6 Å². The van der Waals surface area contributed by atoms with Crippen LogP contribution in [-0.4, -0.2) is 10.9 Å². The fourth-order valence-electron chi connectivity index (χ4n) is 2.67. The van der Waals surface area contributed by atoms with Crippen LogP contribution >= 0.6 is 0 Å². The highest BCUT2D eigenvalue weighted by Gasteiger charge is 2.07. The molecule has 1 heterocycles. The maximum absolute atomic E-state index is 12.1. The molecule has 0 atom stereocenters. The van der Waals surface area contributed by atoms with Crippen molar-refractivity contribution in [3.63, 3.8) is 0 Å². The number of amides is 1. The molecule has 1 amide bonds. The SMILES string of the molecule is CCc1ccc(NC(=O)CCc2cc3ccccc3[nH]c2=O)cc1. The Morgan fingerprint density at radius 2 is 1.83 bits per heavy atom. The fourth-order valence-corrected chi connectivity index (χ4v) is 2.67. The predicted octanol–water partition coefficient (Wildman–Crippen LogP) is 3.66. The van der Waals surface area contributed by atoms with Gasteiger partial charge in [-0.2, -0.15) is 0 Å². The van der Waals surface area contributed by atoms with Crippen molar-refractivity contribution in [3.8, 4) is 0 Å². The van der Waals surface area contributed by atoms with Gasteiger partial charge in [-0.3, -0.25) is 9.59 Å². The lowest BCUT2D eigenvalue weighted by molar-refractivity contribution is -0.116. The number of aryl methyl sites for hydroxylation is 2. The van der Waals surface area contributed by atoms with Crippen LogP contribution in [0.4, 0.5) is 5.69 Å². The van der Waals surface area contributed by atoms with Crippen LogP contribution in [0.15, 0.2) is 59.4 Å². The molecule has 3 aromatic rings. The van der Waals surface area contributed by atoms with Gasteiger partial charge >= 0.3 is 0 Å². The normalized spacial score (nSPS) is 10.7. The highest BCUT2D eigenvalue weighted by molar-refractivity contribution is 5.90. The Hall–Kier alpha value is -2.88. The molecule has 0 aliphatic rings. The standard InChI is InChI=1S/C20H20N2O2/c1-2-14-7-10-17(11-8-14)21-19(23)12-9-16-13-15-5-3-4-6-18(15)22-20(16)24/h3-8,10-11,13H,2,9,12H2,1H3,(H,21,23)(H,22,24). The molecule has 0 saturated heterocycles. The molecule has 0 bridgehead atoms. The van der Waals surface area contributed by atoms with Gasteiger partial charge in [0.25, 0.3) is 5.56 Å². The molecule has 122 valence electrons. The topological polar surface area (TPSA) is 62.0 Å². The van der Waals surface area contributed by atoms with E-state index in [0.717, 1.165) is 23.0 Å². The monoisotopic (exact) mass is 320 g/mol. The Bertz CT molecular complexity index is 911. The number of carbonyl (C=O) groups is 1. The summed E-state index contributed by atoms with van der Waals surface area (Å²) in [4.78, 5) is 27.0. The fraction of sp³-hybridized carbons (Fsp3) is 0.200. The molecular formula is C20H20N2O2. The number of aromatic amines is 1. The van der Waals surface area contributed by atoms with Gasteiger partial charge in [0.05, 0.1) is 0 Å². The minimum absolute atomic E-state index is 0.0909. The maximum atomic E-state index is 12.1. The van der Waals surface area contributed by atoms with E-state index >= 15 is 0 Å². The minimum atomic E-state index is -0.131. The number of anilines is 1. The summed E-state index contributed by atoms with van der Waals surface area (Å²) < 4.78 is 0. The van der Waals surface area contributed by atoms with Crippen LogP contribution in [0.5, 0.6) is 0 Å². The number of nitrogens with one attached hydrogen (secondary N) is 2. The van der Waals surface area contributed by atoms with Crippen molar-refractivity contribution >= 4 is 22.5 Å². The lowest BCUT2D eigenvalue weighted by Gasteiger charge is -2.06. The molecule has 2 N–H and O–H groups in total. The molecule has 3 rings (SSSR count). The summed E-state index contributed by atoms with van der Waals surface area (Å²) >= 11 is 0. The number of H-pyrrole nitrogens is 1. The van der Waals surface area contributed by atoms with Crippen molar-refractivity contribution in [2.45, 2.75) is 26.2 Å². The van der Waals surface area contributed by atoms with Crippen LogP contribution in [0.3, 0.4) is 0 Å². The lowest BCUT2D eigenvalue weighted by atomic mass is 10.1. The van der Waals surface area contributed by atoms with Crippen molar-refractivity contribution in [2.75, 3.05) is 5.32 Å². The van der Waals surface area contributed by atoms with Crippen molar-refractivity contribution in [1.29, 1.82) is 0 Å². The van der Waals surface area contributed by atoms with Gasteiger partial charge in [-0.1, -0.05) is 37.3 Å². The molecule has 2 aromatic carbocycles. The van der Waals surface area contributed by atoms with E-state index in [0.29, 0.717) is 12.0 Å². The van der Waals surface area contributed by atoms with Gasteiger partial charge in [0.15, 0.2) is 0 Å². The highest BCUT2D eigenvalue weighted by atomic mass is 16.1. The number of carbonyl (C=O) groups excluding carboxylic acids is 1. The first-order valence-corrected chi connectivity index (χ1v) is 8.15. The zero-order valence-electron chi connectivity index (χ0n) is 13.6. The molecule has 4 heteroatoms. The first-order valence-electron chi connectivity index (χ1n) is 8.15. The number of fused-ring (bicyclic) bond motifs is 1. The molecule has 0 spiro atoms. The third-order valence-electron chi connectivity index (χ3n) is 4.10. The predicted molar refractivity (Wildman–Crippen MR) is 97.3 cm³/mol. The smallest absolute Gasteiger partial charge is 0.251 e. The van der Waals surface area contributed by atoms with E-state index < -0.39 is 0 Å². The number of aromatic nitrogens is 1. The molecule has 1 aromatic heterocycles. The summed E-state index contributed by atoms with van der Waals surface area (Å²) in [6, 6.07) is 17.3. The summed E-state index contributed by atoms with van der Waals surface area (Å²) in [5, 5.41) is 3.84. The first-order chi connectivity index (χ1) is 11.7. The van der Waals surface area contributed by atoms with Crippen molar-refractivity contribution in [1.82, 2.24) is 4.98 Å². The van der Waals surface area contributed by atoms with E-state index in [1.54, 1.807) is 0 Å². The Morgan fingerprint density at radius 3 is 2.58 bits per heavy atom. The summed E-state index contributed by atoms with van der Waals surface area (Å²) in [6.07, 6.45) is 1.66. The molecule has 0 aliphatic carbocycles. The largest absolute Gasteiger partial charge is 0.326 e. The second kappa shape index (κ2) is 7.13. The van der Waals surface area contributed by atoms with E-state index in [9.17, 15) is 9.59 Å². The first kappa shape index (κ1) is 16.0. The summed E-state index contributed by atoms with van der Waals surface area (Å²) in [6.45, 7) is 2.09. The van der Waals surface area contributed by atoms with Gasteiger partial charge in [0, 0.05) is 23.2 Å². The summed E-state index contributed by atoms with van der Waals surface area (Å²) in [5.41, 5.74) is 3.33. The van der Waals surface area contributed by atoms with E-state index in [4.69, 9.17) is 0 Å². The highest BCUT2D eigenvalue weighted by Crippen LogP contribution is 2.13. The van der Waals surface area contributed by atoms with Crippen LogP contribution in [0.25, 0.3) is 10.9 Å². The van der Waals surface area contributed by atoms with Gasteiger partial charge in [-0.05, 0) is 48.1 Å². The third-order valence-corrected chi connectivity index (χ3v) is 4.10. The lowest BCUT2D eigenvalue weighted by Crippen LogP contribution is -2.17. The zero-order chi connectivity index (χ0) is 16.9. The summed E-state index contributed by atoms with van der Waals surface area (Å²) in [7, 11) is 0. The number of para-hydroxylation sites is 1. The average molecular weight is 320 g/mol. The van der Waals surface area contributed by atoms with Gasteiger partial charge in [0.1, 0.15) is 0 Å². The summed E-state index contributed by atoms with van der Waals surface area (Å²) in [5.74, 6) is -0.0909. The van der Waals surface area contributed by atoms with Crippen molar-refractivity contribution < 1.29 is 4.79 Å². The molecule has 0 aliphatic heterocycles. The second-order valence-electron chi connectivity index (χ2n) is 5.81. The third kappa shape index (κ3) is 3.71. The van der Waals surface area contributed by atoms with Crippen LogP contribution in [0.1, 0.15) is 24.5 Å². The molecule has 0 fully saturated rings. The molecular weight excluding hydrogens is 300 g/mol. The quantitative estimate of drug-likeness (QED) is 0.753. The van der Waals surface area contributed by atoms with E-state index in [2.05, 4.69) is 17.2 Å². The minimum Gasteiger partial charge on any atom is -0.326 e. The van der Waals surface area contributed by atoms with E-state index in [1.165, 1.54) is 5.56 Å². The molecule has 24 heavy (non-hydrogen) atoms. The van der Waals surface area contributed by atoms with Crippen molar-refractivity contribution in [2.24, 2.45) is 0 Å². The van der Waals surface area contributed by atoms with E-state index in [-0.39, 0.29) is 17.9 Å². The van der Waals surface area contributed by atoms with Gasteiger partial charge < -0.3 is 10.3 Å². The second-order valence-corrected chi connectivity index (χ2v) is 5.81. The number of hydrogen-bond acceptors (Lipinski definition) is 2.